The summed E-state index contributed by atoms with van der Waals surface area (Å²) in [4.78, 5) is 3.71. The Kier molecular flexibility index (Phi) is 5.71. The maximum absolute atomic E-state index is 5.88. The number of thioether (sulfide) groups is 1. The third-order valence-corrected chi connectivity index (χ3v) is 3.57. The van der Waals surface area contributed by atoms with E-state index in [0.29, 0.717) is 6.54 Å². The Hall–Kier alpha value is -0.670. The highest BCUT2D eigenvalue weighted by Gasteiger charge is 2.11. The summed E-state index contributed by atoms with van der Waals surface area (Å²) in [6.07, 6.45) is 3.27. The van der Waals surface area contributed by atoms with E-state index in [1.54, 1.807) is 11.8 Å². The van der Waals surface area contributed by atoms with E-state index < -0.39 is 0 Å². The summed E-state index contributed by atoms with van der Waals surface area (Å²) in [6, 6.07) is 6.45. The molecule has 0 aliphatic carbocycles. The summed E-state index contributed by atoms with van der Waals surface area (Å²) in [6.45, 7) is 7.16. The largest absolute Gasteiger partial charge is 0.372 e. The molecule has 0 unspecified atom stereocenters. The Bertz CT molecular complexity index is 326. The molecule has 1 aromatic carbocycles. The van der Waals surface area contributed by atoms with Gasteiger partial charge < -0.3 is 10.6 Å². The number of anilines is 1. The van der Waals surface area contributed by atoms with Gasteiger partial charge in [-0.2, -0.15) is 0 Å². The predicted octanol–water partition coefficient (Wildman–Crippen LogP) is 3.10. The molecule has 0 radical (unpaired) electrons. The summed E-state index contributed by atoms with van der Waals surface area (Å²) >= 11 is 1.77. The molecule has 0 aliphatic heterocycles. The second-order valence-corrected chi connectivity index (χ2v) is 4.59. The monoisotopic (exact) mass is 238 g/mol. The minimum absolute atomic E-state index is 0.618. The molecule has 2 nitrogen and oxygen atoms in total. The van der Waals surface area contributed by atoms with Crippen molar-refractivity contribution in [3.8, 4) is 0 Å². The van der Waals surface area contributed by atoms with Gasteiger partial charge in [-0.25, -0.2) is 0 Å². The Morgan fingerprint density at radius 3 is 2.56 bits per heavy atom. The van der Waals surface area contributed by atoms with E-state index in [0.717, 1.165) is 13.1 Å². The van der Waals surface area contributed by atoms with E-state index in [9.17, 15) is 0 Å². The van der Waals surface area contributed by atoms with E-state index in [-0.39, 0.29) is 0 Å². The third kappa shape index (κ3) is 2.92. The van der Waals surface area contributed by atoms with Crippen LogP contribution in [0.2, 0.25) is 0 Å². The van der Waals surface area contributed by atoms with Gasteiger partial charge in [0.1, 0.15) is 0 Å². The number of benzene rings is 1. The zero-order chi connectivity index (χ0) is 12.0. The molecule has 0 amide bonds. The highest BCUT2D eigenvalue weighted by atomic mass is 32.2. The van der Waals surface area contributed by atoms with Gasteiger partial charge in [-0.05, 0) is 31.7 Å². The zero-order valence-electron chi connectivity index (χ0n) is 10.5. The van der Waals surface area contributed by atoms with Gasteiger partial charge in [-0.15, -0.1) is 11.8 Å². The van der Waals surface area contributed by atoms with Crippen LogP contribution in [0.25, 0.3) is 0 Å². The van der Waals surface area contributed by atoms with Gasteiger partial charge in [0, 0.05) is 35.8 Å². The van der Waals surface area contributed by atoms with Crippen molar-refractivity contribution >= 4 is 17.4 Å². The first kappa shape index (κ1) is 13.4. The van der Waals surface area contributed by atoms with Crippen molar-refractivity contribution in [1.29, 1.82) is 0 Å². The molecule has 0 heterocycles. The number of nitrogens with zero attached hydrogens (tertiary/aromatic N) is 1. The maximum Gasteiger partial charge on any atom is 0.0422 e. The first-order valence-electron chi connectivity index (χ1n) is 5.89. The average molecular weight is 238 g/mol. The van der Waals surface area contributed by atoms with Crippen molar-refractivity contribution in [2.45, 2.75) is 31.7 Å². The number of rotatable bonds is 6. The number of hydrogen-bond donors (Lipinski definition) is 1. The Morgan fingerprint density at radius 1 is 1.31 bits per heavy atom. The van der Waals surface area contributed by atoms with Gasteiger partial charge in [-0.1, -0.05) is 13.0 Å². The number of hydrogen-bond acceptors (Lipinski definition) is 3. The zero-order valence-corrected chi connectivity index (χ0v) is 11.3. The minimum Gasteiger partial charge on any atom is -0.372 e. The quantitative estimate of drug-likeness (QED) is 0.772. The van der Waals surface area contributed by atoms with Crippen LogP contribution in [0.1, 0.15) is 25.8 Å². The molecular weight excluding hydrogens is 216 g/mol. The molecule has 0 aromatic heterocycles. The minimum atomic E-state index is 0.618. The predicted molar refractivity (Wildman–Crippen MR) is 74.3 cm³/mol. The SMILES string of the molecule is CCCN(CC)c1cccc(SC)c1CN. The lowest BCUT2D eigenvalue weighted by atomic mass is 10.1. The Labute approximate surface area is 103 Å². The Morgan fingerprint density at radius 2 is 2.06 bits per heavy atom. The Balaban J connectivity index is 3.09. The lowest BCUT2D eigenvalue weighted by Crippen LogP contribution is -2.25. The molecule has 1 aromatic rings. The molecule has 0 aliphatic rings. The van der Waals surface area contributed by atoms with E-state index in [2.05, 4.69) is 43.2 Å². The van der Waals surface area contributed by atoms with Gasteiger partial charge >= 0.3 is 0 Å². The molecular formula is C13H22N2S. The fraction of sp³-hybridized carbons (Fsp3) is 0.538. The highest BCUT2D eigenvalue weighted by Crippen LogP contribution is 2.29. The van der Waals surface area contributed by atoms with Crippen LogP contribution in [0.15, 0.2) is 23.1 Å². The fourth-order valence-electron chi connectivity index (χ4n) is 1.97. The average Bonchev–Trinajstić information content (AvgIpc) is 2.34. The molecule has 3 heteroatoms. The van der Waals surface area contributed by atoms with Crippen LogP contribution < -0.4 is 10.6 Å². The van der Waals surface area contributed by atoms with Gasteiger partial charge in [0.05, 0.1) is 0 Å². The smallest absolute Gasteiger partial charge is 0.0422 e. The van der Waals surface area contributed by atoms with Crippen LogP contribution in [0, 0.1) is 0 Å². The number of nitrogens with two attached hydrogens (primary N) is 1. The van der Waals surface area contributed by atoms with Gasteiger partial charge in [0.15, 0.2) is 0 Å². The third-order valence-electron chi connectivity index (χ3n) is 2.75. The van der Waals surface area contributed by atoms with Crippen molar-refractivity contribution in [2.24, 2.45) is 5.73 Å². The van der Waals surface area contributed by atoms with Crippen LogP contribution in [-0.4, -0.2) is 19.3 Å². The fourth-order valence-corrected chi connectivity index (χ4v) is 2.61. The summed E-state index contributed by atoms with van der Waals surface area (Å²) in [5, 5.41) is 0. The molecule has 0 saturated heterocycles. The molecule has 0 spiro atoms. The van der Waals surface area contributed by atoms with Crippen molar-refractivity contribution < 1.29 is 0 Å². The topological polar surface area (TPSA) is 29.3 Å². The summed E-state index contributed by atoms with van der Waals surface area (Å²) in [7, 11) is 0. The van der Waals surface area contributed by atoms with E-state index in [1.807, 2.05) is 0 Å². The molecule has 90 valence electrons. The van der Waals surface area contributed by atoms with Crippen LogP contribution in [0.5, 0.6) is 0 Å². The van der Waals surface area contributed by atoms with E-state index in [1.165, 1.54) is 22.6 Å². The van der Waals surface area contributed by atoms with Crippen molar-refractivity contribution in [3.05, 3.63) is 23.8 Å². The second kappa shape index (κ2) is 6.81. The van der Waals surface area contributed by atoms with Gasteiger partial charge in [-0.3, -0.25) is 0 Å². The van der Waals surface area contributed by atoms with Crippen molar-refractivity contribution in [3.63, 3.8) is 0 Å². The van der Waals surface area contributed by atoms with Gasteiger partial charge in [0.25, 0.3) is 0 Å². The summed E-state index contributed by atoms with van der Waals surface area (Å²) < 4.78 is 0. The first-order valence-corrected chi connectivity index (χ1v) is 7.11. The van der Waals surface area contributed by atoms with E-state index in [4.69, 9.17) is 5.73 Å². The van der Waals surface area contributed by atoms with Crippen LogP contribution in [0.4, 0.5) is 5.69 Å². The second-order valence-electron chi connectivity index (χ2n) is 3.74. The first-order chi connectivity index (χ1) is 7.78. The molecule has 0 atom stereocenters. The molecule has 0 bridgehead atoms. The van der Waals surface area contributed by atoms with E-state index >= 15 is 0 Å². The lowest BCUT2D eigenvalue weighted by molar-refractivity contribution is 0.782. The molecule has 1 rings (SSSR count). The van der Waals surface area contributed by atoms with Gasteiger partial charge in [0.2, 0.25) is 0 Å². The summed E-state index contributed by atoms with van der Waals surface area (Å²) in [5.41, 5.74) is 8.46. The molecule has 0 fully saturated rings. The maximum atomic E-state index is 5.88. The van der Waals surface area contributed by atoms with Crippen LogP contribution in [-0.2, 0) is 6.54 Å². The van der Waals surface area contributed by atoms with Crippen LogP contribution >= 0.6 is 11.8 Å². The standard InChI is InChI=1S/C13H22N2S/c1-4-9-15(5-2)12-7-6-8-13(16-3)11(12)10-14/h6-8H,4-5,9-10,14H2,1-3H3. The van der Waals surface area contributed by atoms with Crippen LogP contribution in [0.3, 0.4) is 0 Å². The van der Waals surface area contributed by atoms with Crippen molar-refractivity contribution in [2.75, 3.05) is 24.2 Å². The normalized spacial score (nSPS) is 10.5. The molecule has 0 saturated carbocycles. The molecule has 16 heavy (non-hydrogen) atoms. The lowest BCUT2D eigenvalue weighted by Gasteiger charge is -2.26. The molecule has 2 N–H and O–H groups in total. The highest BCUT2D eigenvalue weighted by molar-refractivity contribution is 7.98. The van der Waals surface area contributed by atoms with Crippen molar-refractivity contribution in [1.82, 2.24) is 0 Å². The summed E-state index contributed by atoms with van der Waals surface area (Å²) in [5.74, 6) is 0.